The lowest BCUT2D eigenvalue weighted by molar-refractivity contribution is 0.593. The van der Waals surface area contributed by atoms with E-state index in [1.807, 2.05) is 0 Å². The van der Waals surface area contributed by atoms with Gasteiger partial charge in [0.15, 0.2) is 10.7 Å². The van der Waals surface area contributed by atoms with Gasteiger partial charge in [0, 0.05) is 26.5 Å². The van der Waals surface area contributed by atoms with Gasteiger partial charge in [-0.25, -0.2) is 9.67 Å². The number of aromatic nitrogens is 3. The van der Waals surface area contributed by atoms with E-state index < -0.39 is 10.0 Å². The zero-order valence-corrected chi connectivity index (χ0v) is 13.7. The third-order valence-electron chi connectivity index (χ3n) is 2.36. The van der Waals surface area contributed by atoms with E-state index in [1.165, 1.54) is 34.4 Å². The van der Waals surface area contributed by atoms with Gasteiger partial charge < -0.3 is 10.6 Å². The number of pyridine rings is 1. The molecule has 10 heteroatoms. The van der Waals surface area contributed by atoms with E-state index in [0.29, 0.717) is 4.47 Å². The van der Waals surface area contributed by atoms with Gasteiger partial charge in [-0.3, -0.25) is 0 Å². The predicted molar refractivity (Wildman–Crippen MR) is 82.8 cm³/mol. The number of hydrogen-bond donors (Lipinski definition) is 1. The van der Waals surface area contributed by atoms with Crippen LogP contribution in [0.25, 0.3) is 5.82 Å². The molecule has 0 fully saturated rings. The summed E-state index contributed by atoms with van der Waals surface area (Å²) in [5.41, 5.74) is 5.86. The molecule has 2 N–H and O–H groups in total. The van der Waals surface area contributed by atoms with E-state index in [0.717, 1.165) is 0 Å². The Hall–Kier alpha value is -1.94. The van der Waals surface area contributed by atoms with Crippen molar-refractivity contribution < 1.29 is 8.42 Å². The fraction of sp³-hybridized carbons (Fsp3) is 0.182. The lowest BCUT2D eigenvalue weighted by Crippen LogP contribution is -2.14. The molecular weight excluding hydrogens is 360 g/mol. The van der Waals surface area contributed by atoms with E-state index in [1.54, 1.807) is 20.3 Å². The molecule has 2 heterocycles. The van der Waals surface area contributed by atoms with E-state index >= 15 is 0 Å². The van der Waals surface area contributed by atoms with Gasteiger partial charge in [-0.1, -0.05) is 0 Å². The van der Waals surface area contributed by atoms with Gasteiger partial charge in [0.25, 0.3) is 10.0 Å². The number of halogens is 1. The number of sulfonamides is 1. The van der Waals surface area contributed by atoms with Crippen LogP contribution in [0.4, 0.5) is 5.69 Å². The van der Waals surface area contributed by atoms with Gasteiger partial charge in [0.1, 0.15) is 6.34 Å². The molecule has 0 aliphatic carbocycles. The third kappa shape index (κ3) is 3.39. The summed E-state index contributed by atoms with van der Waals surface area (Å²) in [4.78, 5) is 5.38. The molecule has 0 spiro atoms. The van der Waals surface area contributed by atoms with Crippen LogP contribution in [0.15, 0.2) is 38.4 Å². The lowest BCUT2D eigenvalue weighted by Gasteiger charge is -2.10. The van der Waals surface area contributed by atoms with Gasteiger partial charge in [-0.05, 0) is 22.0 Å². The SMILES string of the molecule is CN(C)C=NS(=O)(=O)c1c(N)ccnc1-n1cc(Br)cn1. The Bertz CT molecular complexity index is 784. The van der Waals surface area contributed by atoms with Crippen molar-refractivity contribution in [1.29, 1.82) is 0 Å². The molecule has 2 aromatic heterocycles. The normalized spacial score (nSPS) is 12.0. The summed E-state index contributed by atoms with van der Waals surface area (Å²) in [5, 5.41) is 4.02. The van der Waals surface area contributed by atoms with E-state index in [9.17, 15) is 8.42 Å². The third-order valence-corrected chi connectivity index (χ3v) is 4.07. The predicted octanol–water partition coefficient (Wildman–Crippen LogP) is 0.891. The largest absolute Gasteiger partial charge is 0.397 e. The number of nitrogens with two attached hydrogens (primary N) is 1. The highest BCUT2D eigenvalue weighted by atomic mass is 79.9. The Morgan fingerprint density at radius 3 is 2.76 bits per heavy atom. The Labute approximate surface area is 130 Å². The van der Waals surface area contributed by atoms with Crippen molar-refractivity contribution in [3.63, 3.8) is 0 Å². The Morgan fingerprint density at radius 1 is 1.48 bits per heavy atom. The van der Waals surface area contributed by atoms with Crippen molar-refractivity contribution in [2.45, 2.75) is 4.90 Å². The van der Waals surface area contributed by atoms with Crippen molar-refractivity contribution in [3.05, 3.63) is 29.1 Å². The van der Waals surface area contributed by atoms with Crippen LogP contribution in [-0.4, -0.2) is 48.5 Å². The molecule has 0 aliphatic rings. The summed E-state index contributed by atoms with van der Waals surface area (Å²) in [5.74, 6) is 0.0941. The first-order valence-electron chi connectivity index (χ1n) is 5.73. The van der Waals surface area contributed by atoms with Gasteiger partial charge in [0.2, 0.25) is 0 Å². The molecule has 21 heavy (non-hydrogen) atoms. The standard InChI is InChI=1S/C11H13BrN6O2S/c1-17(2)7-16-21(19,20)10-9(13)3-4-14-11(10)18-6-8(12)5-15-18/h3-7H,1-2H3,(H2,13,14). The molecule has 0 aliphatic heterocycles. The van der Waals surface area contributed by atoms with E-state index in [4.69, 9.17) is 5.73 Å². The maximum Gasteiger partial charge on any atom is 0.289 e. The highest BCUT2D eigenvalue weighted by Crippen LogP contribution is 2.26. The second kappa shape index (κ2) is 5.82. The van der Waals surface area contributed by atoms with E-state index in [-0.39, 0.29) is 16.4 Å². The quantitative estimate of drug-likeness (QED) is 0.630. The molecule has 0 atom stereocenters. The molecule has 8 nitrogen and oxygen atoms in total. The van der Waals surface area contributed by atoms with Crippen LogP contribution in [0.1, 0.15) is 0 Å². The Kier molecular flexibility index (Phi) is 4.28. The first kappa shape index (κ1) is 15.4. The van der Waals surface area contributed by atoms with Gasteiger partial charge in [-0.15, -0.1) is 4.40 Å². The van der Waals surface area contributed by atoms with Gasteiger partial charge >= 0.3 is 0 Å². The molecule has 0 saturated heterocycles. The highest BCUT2D eigenvalue weighted by molar-refractivity contribution is 9.10. The number of nitrogens with zero attached hydrogens (tertiary/aromatic N) is 5. The van der Waals surface area contributed by atoms with E-state index in [2.05, 4.69) is 30.4 Å². The average molecular weight is 373 g/mol. The van der Waals surface area contributed by atoms with Crippen LogP contribution in [0, 0.1) is 0 Å². The smallest absolute Gasteiger partial charge is 0.289 e. The van der Waals surface area contributed by atoms with Crippen molar-refractivity contribution >= 4 is 38.0 Å². The molecule has 0 bridgehead atoms. The molecule has 0 saturated carbocycles. The average Bonchev–Trinajstić information content (AvgIpc) is 2.82. The number of rotatable bonds is 4. The van der Waals surface area contributed by atoms with Crippen LogP contribution >= 0.6 is 15.9 Å². The summed E-state index contributed by atoms with van der Waals surface area (Å²) in [7, 11) is -0.664. The van der Waals surface area contributed by atoms with Crippen LogP contribution in [-0.2, 0) is 10.0 Å². The van der Waals surface area contributed by atoms with Crippen LogP contribution in [0.5, 0.6) is 0 Å². The Balaban J connectivity index is 2.63. The summed E-state index contributed by atoms with van der Waals surface area (Å²) in [6.07, 6.45) is 5.69. The lowest BCUT2D eigenvalue weighted by atomic mass is 10.4. The van der Waals surface area contributed by atoms with Gasteiger partial charge in [0.05, 0.1) is 16.4 Å². The maximum atomic E-state index is 12.4. The number of anilines is 1. The molecule has 0 unspecified atom stereocenters. The van der Waals surface area contributed by atoms with Crippen molar-refractivity contribution in [1.82, 2.24) is 19.7 Å². The molecule has 2 rings (SSSR count). The van der Waals surface area contributed by atoms with Crippen LogP contribution < -0.4 is 5.73 Å². The topological polar surface area (TPSA) is 106 Å². The summed E-state index contributed by atoms with van der Waals surface area (Å²) in [6, 6.07) is 1.40. The Morgan fingerprint density at radius 2 is 2.19 bits per heavy atom. The fourth-order valence-electron chi connectivity index (χ4n) is 1.50. The van der Waals surface area contributed by atoms with Gasteiger partial charge in [-0.2, -0.15) is 13.5 Å². The summed E-state index contributed by atoms with van der Waals surface area (Å²) >= 11 is 3.24. The fourth-order valence-corrected chi connectivity index (χ4v) is 2.95. The molecule has 0 radical (unpaired) electrons. The van der Waals surface area contributed by atoms with Crippen molar-refractivity contribution in [2.24, 2.45) is 4.40 Å². The minimum absolute atomic E-state index is 0.0579. The number of hydrogen-bond acceptors (Lipinski definition) is 5. The number of nitrogen functional groups attached to an aromatic ring is 1. The minimum Gasteiger partial charge on any atom is -0.397 e. The second-order valence-electron chi connectivity index (χ2n) is 4.32. The molecule has 2 aromatic rings. The zero-order valence-electron chi connectivity index (χ0n) is 11.3. The molecular formula is C11H13BrN6O2S. The highest BCUT2D eigenvalue weighted by Gasteiger charge is 2.23. The molecule has 0 aromatic carbocycles. The molecule has 112 valence electrons. The summed E-state index contributed by atoms with van der Waals surface area (Å²) in [6.45, 7) is 0. The maximum absolute atomic E-state index is 12.4. The van der Waals surface area contributed by atoms with Crippen molar-refractivity contribution in [2.75, 3.05) is 19.8 Å². The summed E-state index contributed by atoms with van der Waals surface area (Å²) < 4.78 is 30.3. The monoisotopic (exact) mass is 372 g/mol. The van der Waals surface area contributed by atoms with Crippen molar-refractivity contribution in [3.8, 4) is 5.82 Å². The minimum atomic E-state index is -3.99. The zero-order chi connectivity index (χ0) is 15.6. The first-order chi connectivity index (χ1) is 9.81. The first-order valence-corrected chi connectivity index (χ1v) is 7.96. The molecule has 0 amide bonds. The van der Waals surface area contributed by atoms with Crippen LogP contribution in [0.3, 0.4) is 0 Å². The van der Waals surface area contributed by atoms with Crippen LogP contribution in [0.2, 0.25) is 0 Å². The second-order valence-corrected chi connectivity index (χ2v) is 6.80.